The van der Waals surface area contributed by atoms with Gasteiger partial charge in [-0.3, -0.25) is 0 Å². The van der Waals surface area contributed by atoms with Gasteiger partial charge >= 0.3 is 0 Å². The third-order valence-electron chi connectivity index (χ3n) is 3.33. The smallest absolute Gasteiger partial charge is 0.143 e. The second-order valence-electron chi connectivity index (χ2n) is 4.77. The van der Waals surface area contributed by atoms with Gasteiger partial charge in [0, 0.05) is 24.3 Å². The van der Waals surface area contributed by atoms with Crippen LogP contribution in [0.3, 0.4) is 0 Å². The minimum absolute atomic E-state index is 0.600. The Bertz CT molecular complexity index is 378. The number of hydrogen-bond acceptors (Lipinski definition) is 3. The molecule has 88 valence electrons. The van der Waals surface area contributed by atoms with Crippen LogP contribution in [0.2, 0.25) is 0 Å². The first-order chi connectivity index (χ1) is 7.61. The van der Waals surface area contributed by atoms with Gasteiger partial charge in [0.2, 0.25) is 0 Å². The van der Waals surface area contributed by atoms with E-state index in [4.69, 9.17) is 10.5 Å². The Balaban J connectivity index is 2.27. The average Bonchev–Trinajstić information content (AvgIpc) is 2.59. The predicted octanol–water partition coefficient (Wildman–Crippen LogP) is 2.51. The SMILES string of the molecule is COc1cc(N2CC(C)CC2C)ccc1N. The Morgan fingerprint density at radius 1 is 1.38 bits per heavy atom. The van der Waals surface area contributed by atoms with Gasteiger partial charge in [-0.1, -0.05) is 6.92 Å². The number of methoxy groups -OCH3 is 1. The maximum atomic E-state index is 5.82. The number of nitrogens with two attached hydrogens (primary N) is 1. The standard InChI is InChI=1S/C13H20N2O/c1-9-6-10(2)15(8-9)11-4-5-12(14)13(7-11)16-3/h4-5,7,9-10H,6,8,14H2,1-3H3. The summed E-state index contributed by atoms with van der Waals surface area (Å²) >= 11 is 0. The molecule has 0 aromatic heterocycles. The van der Waals surface area contributed by atoms with E-state index in [0.29, 0.717) is 11.7 Å². The molecule has 2 unspecified atom stereocenters. The van der Waals surface area contributed by atoms with E-state index < -0.39 is 0 Å². The first-order valence-electron chi connectivity index (χ1n) is 5.82. The summed E-state index contributed by atoms with van der Waals surface area (Å²) < 4.78 is 5.26. The van der Waals surface area contributed by atoms with Crippen LogP contribution < -0.4 is 15.4 Å². The maximum Gasteiger partial charge on any atom is 0.143 e. The first-order valence-corrected chi connectivity index (χ1v) is 5.82. The zero-order valence-electron chi connectivity index (χ0n) is 10.2. The highest BCUT2D eigenvalue weighted by Gasteiger charge is 2.26. The first kappa shape index (κ1) is 11.1. The van der Waals surface area contributed by atoms with E-state index in [1.807, 2.05) is 12.1 Å². The monoisotopic (exact) mass is 220 g/mol. The van der Waals surface area contributed by atoms with E-state index in [1.54, 1.807) is 7.11 Å². The summed E-state index contributed by atoms with van der Waals surface area (Å²) in [6.45, 7) is 5.69. The fourth-order valence-corrected chi connectivity index (χ4v) is 2.54. The molecule has 2 atom stereocenters. The van der Waals surface area contributed by atoms with Crippen LogP contribution in [0.5, 0.6) is 5.75 Å². The fraction of sp³-hybridized carbons (Fsp3) is 0.538. The van der Waals surface area contributed by atoms with Crippen LogP contribution >= 0.6 is 0 Å². The Kier molecular flexibility index (Phi) is 2.95. The molecule has 1 fully saturated rings. The van der Waals surface area contributed by atoms with Crippen LogP contribution in [-0.2, 0) is 0 Å². The lowest BCUT2D eigenvalue weighted by Gasteiger charge is -2.24. The predicted molar refractivity (Wildman–Crippen MR) is 68.0 cm³/mol. The summed E-state index contributed by atoms with van der Waals surface area (Å²) in [4.78, 5) is 2.42. The Labute approximate surface area is 97.2 Å². The lowest BCUT2D eigenvalue weighted by Crippen LogP contribution is -2.26. The van der Waals surface area contributed by atoms with E-state index >= 15 is 0 Å². The van der Waals surface area contributed by atoms with Gasteiger partial charge in [0.1, 0.15) is 5.75 Å². The van der Waals surface area contributed by atoms with Crippen molar-refractivity contribution in [1.82, 2.24) is 0 Å². The van der Waals surface area contributed by atoms with E-state index in [9.17, 15) is 0 Å². The van der Waals surface area contributed by atoms with Gasteiger partial charge in [0.15, 0.2) is 0 Å². The fourth-order valence-electron chi connectivity index (χ4n) is 2.54. The van der Waals surface area contributed by atoms with Gasteiger partial charge in [-0.2, -0.15) is 0 Å². The molecule has 0 aliphatic carbocycles. The van der Waals surface area contributed by atoms with Gasteiger partial charge < -0.3 is 15.4 Å². The summed E-state index contributed by atoms with van der Waals surface area (Å²) in [6.07, 6.45) is 1.26. The second-order valence-corrected chi connectivity index (χ2v) is 4.77. The number of hydrogen-bond donors (Lipinski definition) is 1. The van der Waals surface area contributed by atoms with E-state index in [-0.39, 0.29) is 0 Å². The highest BCUT2D eigenvalue weighted by atomic mass is 16.5. The van der Waals surface area contributed by atoms with Crippen LogP contribution in [0.1, 0.15) is 20.3 Å². The Morgan fingerprint density at radius 2 is 2.12 bits per heavy atom. The molecule has 0 spiro atoms. The lowest BCUT2D eigenvalue weighted by molar-refractivity contribution is 0.417. The van der Waals surface area contributed by atoms with Gasteiger partial charge in [0.05, 0.1) is 12.8 Å². The van der Waals surface area contributed by atoms with Crippen LogP contribution in [0.15, 0.2) is 18.2 Å². The Hall–Kier alpha value is -1.38. The molecule has 1 aliphatic heterocycles. The molecule has 1 aromatic rings. The molecule has 0 radical (unpaired) electrons. The second kappa shape index (κ2) is 4.24. The van der Waals surface area contributed by atoms with Crippen molar-refractivity contribution in [3.63, 3.8) is 0 Å². The number of ether oxygens (including phenoxy) is 1. The average molecular weight is 220 g/mol. The molecule has 1 aliphatic rings. The molecular weight excluding hydrogens is 200 g/mol. The number of nitrogen functional groups attached to an aromatic ring is 1. The normalized spacial score (nSPS) is 24.8. The summed E-state index contributed by atoms with van der Waals surface area (Å²) in [6, 6.07) is 6.63. The third-order valence-corrected chi connectivity index (χ3v) is 3.33. The van der Waals surface area contributed by atoms with E-state index in [2.05, 4.69) is 24.8 Å². The van der Waals surface area contributed by atoms with Crippen molar-refractivity contribution in [1.29, 1.82) is 0 Å². The number of rotatable bonds is 2. The molecule has 1 saturated heterocycles. The van der Waals surface area contributed by atoms with Crippen molar-refractivity contribution >= 4 is 11.4 Å². The maximum absolute atomic E-state index is 5.82. The molecule has 1 aromatic carbocycles. The number of anilines is 2. The summed E-state index contributed by atoms with van der Waals surface area (Å²) in [5, 5.41) is 0. The highest BCUT2D eigenvalue weighted by Crippen LogP contribution is 2.33. The largest absolute Gasteiger partial charge is 0.495 e. The van der Waals surface area contributed by atoms with Crippen molar-refractivity contribution in [3.05, 3.63) is 18.2 Å². The van der Waals surface area contributed by atoms with Crippen LogP contribution in [0.25, 0.3) is 0 Å². The molecule has 0 saturated carbocycles. The van der Waals surface area contributed by atoms with E-state index in [1.165, 1.54) is 12.1 Å². The minimum Gasteiger partial charge on any atom is -0.495 e. The highest BCUT2D eigenvalue weighted by molar-refractivity contribution is 5.63. The van der Waals surface area contributed by atoms with Crippen molar-refractivity contribution in [2.45, 2.75) is 26.3 Å². The van der Waals surface area contributed by atoms with Crippen molar-refractivity contribution in [2.24, 2.45) is 5.92 Å². The van der Waals surface area contributed by atoms with Crippen LogP contribution in [0, 0.1) is 5.92 Å². The summed E-state index contributed by atoms with van der Waals surface area (Å²) in [5.74, 6) is 1.53. The van der Waals surface area contributed by atoms with Crippen LogP contribution in [-0.4, -0.2) is 19.7 Å². The summed E-state index contributed by atoms with van der Waals surface area (Å²) in [5.41, 5.74) is 7.73. The van der Waals surface area contributed by atoms with Crippen molar-refractivity contribution in [3.8, 4) is 5.75 Å². The molecule has 2 N–H and O–H groups in total. The lowest BCUT2D eigenvalue weighted by atomic mass is 10.1. The Morgan fingerprint density at radius 3 is 2.69 bits per heavy atom. The zero-order chi connectivity index (χ0) is 11.7. The molecule has 16 heavy (non-hydrogen) atoms. The summed E-state index contributed by atoms with van der Waals surface area (Å²) in [7, 11) is 1.66. The van der Waals surface area contributed by atoms with Gasteiger partial charge in [-0.25, -0.2) is 0 Å². The van der Waals surface area contributed by atoms with Gasteiger partial charge in [-0.05, 0) is 31.4 Å². The molecule has 3 nitrogen and oxygen atoms in total. The topological polar surface area (TPSA) is 38.5 Å². The van der Waals surface area contributed by atoms with Crippen molar-refractivity contribution < 1.29 is 4.74 Å². The molecule has 0 amide bonds. The quantitative estimate of drug-likeness (QED) is 0.778. The van der Waals surface area contributed by atoms with E-state index in [0.717, 1.165) is 18.2 Å². The number of nitrogens with zero attached hydrogens (tertiary/aromatic N) is 1. The minimum atomic E-state index is 0.600. The van der Waals surface area contributed by atoms with Crippen LogP contribution in [0.4, 0.5) is 11.4 Å². The zero-order valence-corrected chi connectivity index (χ0v) is 10.2. The molecular formula is C13H20N2O. The third kappa shape index (κ3) is 1.94. The molecule has 0 bridgehead atoms. The van der Waals surface area contributed by atoms with Crippen molar-refractivity contribution in [2.75, 3.05) is 24.3 Å². The van der Waals surface area contributed by atoms with Gasteiger partial charge in [-0.15, -0.1) is 0 Å². The number of benzene rings is 1. The van der Waals surface area contributed by atoms with Gasteiger partial charge in [0.25, 0.3) is 0 Å². The molecule has 3 heteroatoms. The molecule has 2 rings (SSSR count). The molecule has 1 heterocycles.